The number of hydrogen-bond acceptors (Lipinski definition) is 1. The Labute approximate surface area is 137 Å². The largest absolute Gasteiger partial charge is 1.00 e. The van der Waals surface area contributed by atoms with Crippen LogP contribution in [0.1, 0.15) is 37.5 Å². The summed E-state index contributed by atoms with van der Waals surface area (Å²) in [5, 5.41) is 0. The second-order valence-corrected chi connectivity index (χ2v) is 5.73. The van der Waals surface area contributed by atoms with Crippen molar-refractivity contribution in [2.75, 3.05) is 7.05 Å². The minimum atomic E-state index is 0. The van der Waals surface area contributed by atoms with Gasteiger partial charge in [-0.25, -0.2) is 0 Å². The van der Waals surface area contributed by atoms with Crippen LogP contribution >= 0.6 is 0 Å². The Bertz CT molecular complexity index is 635. The summed E-state index contributed by atoms with van der Waals surface area (Å²) in [5.74, 6) is 0. The molecule has 116 valence electrons. The third-order valence-corrected chi connectivity index (χ3v) is 3.46. The van der Waals surface area contributed by atoms with Gasteiger partial charge in [0, 0.05) is 13.3 Å². The lowest BCUT2D eigenvalue weighted by atomic mass is 9.99. The number of rotatable bonds is 5. The molecule has 0 heterocycles. The Kier molecular flexibility index (Phi) is 7.31. The van der Waals surface area contributed by atoms with Crippen molar-refractivity contribution in [3.8, 4) is 0 Å². The van der Waals surface area contributed by atoms with E-state index in [1.807, 2.05) is 6.08 Å². The lowest BCUT2D eigenvalue weighted by Gasteiger charge is -2.07. The second kappa shape index (κ2) is 8.99. The fraction of sp³-hybridized carbons (Fsp3) is 0.286. The molecule has 0 bridgehead atoms. The van der Waals surface area contributed by atoms with Gasteiger partial charge in [0.25, 0.3) is 0 Å². The molecular weight excluding hydrogens is 266 g/mol. The van der Waals surface area contributed by atoms with Crippen LogP contribution in [0.3, 0.4) is 0 Å². The van der Waals surface area contributed by atoms with Crippen molar-refractivity contribution in [2.45, 2.75) is 34.6 Å². The van der Waals surface area contributed by atoms with Crippen molar-refractivity contribution in [3.05, 3.63) is 75.9 Å². The molecule has 0 amide bonds. The van der Waals surface area contributed by atoms with Crippen LogP contribution in [0.25, 0.3) is 6.08 Å². The van der Waals surface area contributed by atoms with Crippen molar-refractivity contribution in [3.63, 3.8) is 0 Å². The smallest absolute Gasteiger partial charge is 0.297 e. The molecule has 0 unspecified atom stereocenters. The molecule has 0 fully saturated rings. The third kappa shape index (κ3) is 6.09. The normalized spacial score (nSPS) is 13.9. The van der Waals surface area contributed by atoms with E-state index < -0.39 is 0 Å². The van der Waals surface area contributed by atoms with Crippen LogP contribution in [-0.4, -0.2) is 13.3 Å². The topological polar surface area (TPSA) is 12.4 Å². The standard InChI is InChI=1S/C21H27N/c1-16(8-7-9-17(2)12-13-22-6)10-11-21-19(4)14-18(3)15-20(21)5/h7-15H,1-6H3/p+1/b9-7+,11-10+,16-8+,17-12+,22-13?. The van der Waals surface area contributed by atoms with Crippen molar-refractivity contribution in [1.82, 2.24) is 0 Å². The molecular formula is C21H28N+. The van der Waals surface area contributed by atoms with Gasteiger partial charge in [-0.15, -0.1) is 0 Å². The maximum absolute atomic E-state index is 3.94. The molecule has 0 saturated carbocycles. The molecule has 0 aromatic heterocycles. The molecule has 1 aromatic rings. The highest BCUT2D eigenvalue weighted by molar-refractivity contribution is 5.72. The second-order valence-electron chi connectivity index (χ2n) is 5.73. The van der Waals surface area contributed by atoms with Crippen molar-refractivity contribution in [1.29, 1.82) is 0 Å². The van der Waals surface area contributed by atoms with Crippen LogP contribution in [0, 0.1) is 20.8 Å². The van der Waals surface area contributed by atoms with Gasteiger partial charge in [0.15, 0.2) is 0 Å². The van der Waals surface area contributed by atoms with Crippen LogP contribution in [0.15, 0.2) is 58.7 Å². The van der Waals surface area contributed by atoms with E-state index in [1.54, 1.807) is 13.3 Å². The van der Waals surface area contributed by atoms with Crippen molar-refractivity contribution >= 4 is 12.3 Å². The predicted octanol–water partition coefficient (Wildman–Crippen LogP) is 5.89. The zero-order valence-electron chi connectivity index (χ0n) is 15.6. The van der Waals surface area contributed by atoms with E-state index >= 15 is 0 Å². The molecule has 1 rings (SSSR count). The van der Waals surface area contributed by atoms with Gasteiger partial charge >= 0.3 is 1.43 Å². The maximum atomic E-state index is 3.94. The van der Waals surface area contributed by atoms with Crippen molar-refractivity contribution in [2.24, 2.45) is 4.99 Å². The molecule has 22 heavy (non-hydrogen) atoms. The predicted molar refractivity (Wildman–Crippen MR) is 102 cm³/mol. The highest BCUT2D eigenvalue weighted by Gasteiger charge is 1.99. The zero-order chi connectivity index (χ0) is 16.5. The number of nitrogens with zero attached hydrogens (tertiary/aromatic N) is 1. The Morgan fingerprint density at radius 2 is 1.55 bits per heavy atom. The summed E-state index contributed by atoms with van der Waals surface area (Å²) >= 11 is 0. The number of hydrogen-bond donors (Lipinski definition) is 0. The van der Waals surface area contributed by atoms with Gasteiger partial charge in [0.05, 0.1) is 0 Å². The molecule has 0 saturated heterocycles. The van der Waals surface area contributed by atoms with Crippen LogP contribution in [0.5, 0.6) is 0 Å². The molecule has 0 aliphatic heterocycles. The molecule has 0 aliphatic rings. The fourth-order valence-corrected chi connectivity index (χ4v) is 2.32. The maximum Gasteiger partial charge on any atom is 1.00 e. The molecule has 0 aliphatic carbocycles. The summed E-state index contributed by atoms with van der Waals surface area (Å²) in [6.07, 6.45) is 14.5. The van der Waals surface area contributed by atoms with Crippen LogP contribution in [0.4, 0.5) is 0 Å². The van der Waals surface area contributed by atoms with Gasteiger partial charge in [-0.05, 0) is 63.0 Å². The van der Waals surface area contributed by atoms with Gasteiger partial charge in [-0.3, -0.25) is 4.99 Å². The van der Waals surface area contributed by atoms with E-state index in [4.69, 9.17) is 0 Å². The van der Waals surface area contributed by atoms with Crippen LogP contribution < -0.4 is 0 Å². The minimum absolute atomic E-state index is 0. The van der Waals surface area contributed by atoms with Crippen molar-refractivity contribution < 1.29 is 1.43 Å². The molecule has 1 nitrogen and oxygen atoms in total. The molecule has 1 heteroatoms. The first kappa shape index (κ1) is 17.9. The number of allylic oxidation sites excluding steroid dienone is 7. The third-order valence-electron chi connectivity index (χ3n) is 3.46. The SMILES string of the molecule is CN=C/C=C(C)/C=C/C=C(C)/C=C/c1c(C)cc(C)cc1C.[H+]. The highest BCUT2D eigenvalue weighted by atomic mass is 14.6. The first-order valence-corrected chi connectivity index (χ1v) is 7.64. The summed E-state index contributed by atoms with van der Waals surface area (Å²) < 4.78 is 0. The number of aliphatic imine (C=N–C) groups is 1. The van der Waals surface area contributed by atoms with Gasteiger partial charge in [0.1, 0.15) is 0 Å². The van der Waals surface area contributed by atoms with Crippen LogP contribution in [0.2, 0.25) is 0 Å². The van der Waals surface area contributed by atoms with E-state index in [-0.39, 0.29) is 1.43 Å². The number of aryl methyl sites for hydroxylation is 3. The lowest BCUT2D eigenvalue weighted by molar-refractivity contribution is 1.30. The Morgan fingerprint density at radius 1 is 0.955 bits per heavy atom. The molecule has 0 N–H and O–H groups in total. The summed E-state index contributed by atoms with van der Waals surface area (Å²) in [6.45, 7) is 10.7. The van der Waals surface area contributed by atoms with E-state index in [9.17, 15) is 0 Å². The molecule has 0 radical (unpaired) electrons. The average Bonchev–Trinajstić information content (AvgIpc) is 2.43. The zero-order valence-corrected chi connectivity index (χ0v) is 14.6. The summed E-state index contributed by atoms with van der Waals surface area (Å²) in [5.41, 5.74) is 7.71. The van der Waals surface area contributed by atoms with E-state index in [1.165, 1.54) is 33.4 Å². The summed E-state index contributed by atoms with van der Waals surface area (Å²) in [4.78, 5) is 3.94. The van der Waals surface area contributed by atoms with Gasteiger partial charge in [-0.2, -0.15) is 0 Å². The average molecular weight is 294 g/mol. The Balaban J connectivity index is 0.00000484. The van der Waals surface area contributed by atoms with E-state index in [2.05, 4.69) is 82.1 Å². The van der Waals surface area contributed by atoms with Crippen LogP contribution in [-0.2, 0) is 0 Å². The quantitative estimate of drug-likeness (QED) is 0.474. The van der Waals surface area contributed by atoms with Gasteiger partial charge < -0.3 is 0 Å². The highest BCUT2D eigenvalue weighted by Crippen LogP contribution is 2.18. The summed E-state index contributed by atoms with van der Waals surface area (Å²) in [6, 6.07) is 4.46. The Morgan fingerprint density at radius 3 is 2.14 bits per heavy atom. The lowest BCUT2D eigenvalue weighted by Crippen LogP contribution is -1.88. The van der Waals surface area contributed by atoms with Gasteiger partial charge in [-0.1, -0.05) is 53.6 Å². The summed E-state index contributed by atoms with van der Waals surface area (Å²) in [7, 11) is 1.78. The number of benzene rings is 1. The van der Waals surface area contributed by atoms with E-state index in [0.29, 0.717) is 0 Å². The first-order chi connectivity index (χ1) is 10.4. The molecule has 1 aromatic carbocycles. The Hall–Kier alpha value is -2.15. The van der Waals surface area contributed by atoms with E-state index in [0.717, 1.165) is 0 Å². The van der Waals surface area contributed by atoms with Gasteiger partial charge in [0.2, 0.25) is 0 Å². The fourth-order valence-electron chi connectivity index (χ4n) is 2.32. The molecule has 0 spiro atoms. The minimum Gasteiger partial charge on any atom is -0.297 e. The monoisotopic (exact) mass is 294 g/mol. The first-order valence-electron chi connectivity index (χ1n) is 7.64. The molecule has 0 atom stereocenters.